The van der Waals surface area contributed by atoms with Crippen molar-refractivity contribution in [1.82, 2.24) is 0 Å². The first kappa shape index (κ1) is 13.1. The molecular formula is C19H22O2. The van der Waals surface area contributed by atoms with Crippen LogP contribution in [0.4, 0.5) is 0 Å². The third-order valence-electron chi connectivity index (χ3n) is 5.14. The summed E-state index contributed by atoms with van der Waals surface area (Å²) in [7, 11) is 0. The second-order valence-electron chi connectivity index (χ2n) is 6.52. The van der Waals surface area contributed by atoms with Gasteiger partial charge < -0.3 is 9.47 Å². The third kappa shape index (κ3) is 2.53. The zero-order valence-corrected chi connectivity index (χ0v) is 12.5. The molecule has 1 saturated carbocycles. The number of hydrogen-bond acceptors (Lipinski definition) is 2. The van der Waals surface area contributed by atoms with E-state index in [9.17, 15) is 0 Å². The Morgan fingerprint density at radius 3 is 2.71 bits per heavy atom. The SMILES string of the molecule is Cc1ccc(C2CCC(C3=CCC4OCOC4=C3)C2)cc1. The fraction of sp³-hybridized carbons (Fsp3) is 0.474. The molecule has 1 heterocycles. The maximum Gasteiger partial charge on any atom is 0.189 e. The van der Waals surface area contributed by atoms with Crippen molar-refractivity contribution in [3.8, 4) is 0 Å². The van der Waals surface area contributed by atoms with Crippen molar-refractivity contribution in [3.05, 3.63) is 58.9 Å². The van der Waals surface area contributed by atoms with Crippen LogP contribution in [-0.4, -0.2) is 12.9 Å². The first-order valence-corrected chi connectivity index (χ1v) is 8.02. The number of rotatable bonds is 2. The molecular weight excluding hydrogens is 260 g/mol. The quantitative estimate of drug-likeness (QED) is 0.797. The Kier molecular flexibility index (Phi) is 3.34. The first-order valence-electron chi connectivity index (χ1n) is 8.02. The van der Waals surface area contributed by atoms with Crippen molar-refractivity contribution < 1.29 is 9.47 Å². The highest BCUT2D eigenvalue weighted by Crippen LogP contribution is 2.43. The fourth-order valence-electron chi connectivity index (χ4n) is 3.85. The highest BCUT2D eigenvalue weighted by molar-refractivity contribution is 5.33. The fourth-order valence-corrected chi connectivity index (χ4v) is 3.85. The van der Waals surface area contributed by atoms with E-state index in [2.05, 4.69) is 43.3 Å². The first-order chi connectivity index (χ1) is 10.3. The maximum atomic E-state index is 5.57. The lowest BCUT2D eigenvalue weighted by Crippen LogP contribution is -2.12. The van der Waals surface area contributed by atoms with E-state index in [0.29, 0.717) is 18.6 Å². The molecule has 3 aliphatic rings. The lowest BCUT2D eigenvalue weighted by Gasteiger charge is -2.19. The van der Waals surface area contributed by atoms with Crippen LogP contribution in [-0.2, 0) is 9.47 Å². The van der Waals surface area contributed by atoms with Gasteiger partial charge in [0.25, 0.3) is 0 Å². The molecule has 1 aliphatic heterocycles. The van der Waals surface area contributed by atoms with Crippen molar-refractivity contribution in [3.63, 3.8) is 0 Å². The Labute approximate surface area is 126 Å². The molecule has 0 amide bonds. The van der Waals surface area contributed by atoms with Gasteiger partial charge >= 0.3 is 0 Å². The van der Waals surface area contributed by atoms with Gasteiger partial charge in [-0.3, -0.25) is 0 Å². The van der Waals surface area contributed by atoms with Gasteiger partial charge in [0, 0.05) is 0 Å². The molecule has 3 unspecified atom stereocenters. The minimum Gasteiger partial charge on any atom is -0.469 e. The van der Waals surface area contributed by atoms with Gasteiger partial charge in [0.2, 0.25) is 0 Å². The number of benzene rings is 1. The van der Waals surface area contributed by atoms with Gasteiger partial charge in [-0.25, -0.2) is 0 Å². The van der Waals surface area contributed by atoms with Gasteiger partial charge in [0.15, 0.2) is 6.79 Å². The summed E-state index contributed by atoms with van der Waals surface area (Å²) in [6, 6.07) is 9.08. The van der Waals surface area contributed by atoms with Crippen molar-refractivity contribution in [1.29, 1.82) is 0 Å². The molecule has 0 spiro atoms. The van der Waals surface area contributed by atoms with Crippen molar-refractivity contribution in [2.45, 2.75) is 44.6 Å². The van der Waals surface area contributed by atoms with Crippen molar-refractivity contribution in [2.24, 2.45) is 5.92 Å². The molecule has 1 aromatic carbocycles. The number of hydrogen-bond donors (Lipinski definition) is 0. The molecule has 2 nitrogen and oxygen atoms in total. The summed E-state index contributed by atoms with van der Waals surface area (Å²) < 4.78 is 11.1. The molecule has 1 aromatic rings. The smallest absolute Gasteiger partial charge is 0.189 e. The van der Waals surface area contributed by atoms with Gasteiger partial charge in [-0.05, 0) is 61.7 Å². The van der Waals surface area contributed by atoms with Crippen LogP contribution in [0.1, 0.15) is 42.7 Å². The number of fused-ring (bicyclic) bond motifs is 1. The van der Waals surface area contributed by atoms with E-state index in [1.807, 2.05) is 0 Å². The zero-order valence-electron chi connectivity index (χ0n) is 12.5. The van der Waals surface area contributed by atoms with E-state index in [1.165, 1.54) is 36.0 Å². The second-order valence-corrected chi connectivity index (χ2v) is 6.52. The molecule has 2 aliphatic carbocycles. The normalized spacial score (nSPS) is 31.4. The highest BCUT2D eigenvalue weighted by atomic mass is 16.7. The van der Waals surface area contributed by atoms with E-state index in [0.717, 1.165) is 12.2 Å². The summed E-state index contributed by atoms with van der Waals surface area (Å²) in [6.07, 6.45) is 9.63. The van der Waals surface area contributed by atoms with E-state index in [-0.39, 0.29) is 6.10 Å². The minimum atomic E-state index is 0.183. The molecule has 21 heavy (non-hydrogen) atoms. The summed E-state index contributed by atoms with van der Waals surface area (Å²) in [4.78, 5) is 0. The van der Waals surface area contributed by atoms with Gasteiger partial charge in [-0.1, -0.05) is 35.9 Å². The average Bonchev–Trinajstić information content (AvgIpc) is 3.16. The lowest BCUT2D eigenvalue weighted by atomic mass is 9.89. The number of ether oxygens (including phenoxy) is 2. The van der Waals surface area contributed by atoms with Gasteiger partial charge in [0.05, 0.1) is 0 Å². The molecule has 0 bridgehead atoms. The maximum absolute atomic E-state index is 5.57. The molecule has 3 atom stereocenters. The van der Waals surface area contributed by atoms with Crippen LogP contribution in [0.15, 0.2) is 47.7 Å². The lowest BCUT2D eigenvalue weighted by molar-refractivity contribution is 0.0508. The molecule has 0 aromatic heterocycles. The summed E-state index contributed by atoms with van der Waals surface area (Å²) in [6.45, 7) is 2.58. The summed E-state index contributed by atoms with van der Waals surface area (Å²) in [5.74, 6) is 2.45. The Morgan fingerprint density at radius 1 is 1.05 bits per heavy atom. The largest absolute Gasteiger partial charge is 0.469 e. The second kappa shape index (κ2) is 5.34. The van der Waals surface area contributed by atoms with Gasteiger partial charge in [-0.15, -0.1) is 0 Å². The van der Waals surface area contributed by atoms with Crippen LogP contribution in [0.25, 0.3) is 0 Å². The standard InChI is InChI=1S/C19H22O2/c1-13-2-4-14(5-3-13)15-6-7-16(10-15)17-8-9-18-19(11-17)21-12-20-18/h2-5,8,11,15-16,18H,6-7,9-10,12H2,1H3. The molecule has 0 radical (unpaired) electrons. The minimum absolute atomic E-state index is 0.183. The highest BCUT2D eigenvalue weighted by Gasteiger charge is 2.32. The van der Waals surface area contributed by atoms with E-state index in [1.54, 1.807) is 0 Å². The Balaban J connectivity index is 1.47. The summed E-state index contributed by atoms with van der Waals surface area (Å²) in [5, 5.41) is 0. The molecule has 110 valence electrons. The van der Waals surface area contributed by atoms with Crippen LogP contribution in [0, 0.1) is 12.8 Å². The van der Waals surface area contributed by atoms with Crippen LogP contribution in [0.5, 0.6) is 0 Å². The van der Waals surface area contributed by atoms with Crippen molar-refractivity contribution >= 4 is 0 Å². The number of aryl methyl sites for hydroxylation is 1. The zero-order chi connectivity index (χ0) is 14.2. The van der Waals surface area contributed by atoms with Gasteiger partial charge in [0.1, 0.15) is 11.9 Å². The Hall–Kier alpha value is -1.54. The third-order valence-corrected chi connectivity index (χ3v) is 5.14. The molecule has 2 fully saturated rings. The number of allylic oxidation sites excluding steroid dienone is 2. The van der Waals surface area contributed by atoms with Crippen LogP contribution in [0.2, 0.25) is 0 Å². The van der Waals surface area contributed by atoms with Gasteiger partial charge in [-0.2, -0.15) is 0 Å². The van der Waals surface area contributed by atoms with E-state index in [4.69, 9.17) is 9.47 Å². The van der Waals surface area contributed by atoms with Crippen molar-refractivity contribution in [2.75, 3.05) is 6.79 Å². The molecule has 0 N–H and O–H groups in total. The van der Waals surface area contributed by atoms with Crippen LogP contribution < -0.4 is 0 Å². The Bertz CT molecular complexity index is 582. The Morgan fingerprint density at radius 2 is 1.86 bits per heavy atom. The topological polar surface area (TPSA) is 18.5 Å². The molecule has 1 saturated heterocycles. The monoisotopic (exact) mass is 282 g/mol. The molecule has 2 heteroatoms. The predicted molar refractivity (Wildman–Crippen MR) is 82.9 cm³/mol. The summed E-state index contributed by atoms with van der Waals surface area (Å²) in [5.41, 5.74) is 4.32. The average molecular weight is 282 g/mol. The molecule has 4 rings (SSSR count). The predicted octanol–water partition coefficient (Wildman–Crippen LogP) is 4.47. The van der Waals surface area contributed by atoms with E-state index < -0.39 is 0 Å². The summed E-state index contributed by atoms with van der Waals surface area (Å²) >= 11 is 0. The van der Waals surface area contributed by atoms with Crippen LogP contribution >= 0.6 is 0 Å². The van der Waals surface area contributed by atoms with Crippen LogP contribution in [0.3, 0.4) is 0 Å². The van der Waals surface area contributed by atoms with E-state index >= 15 is 0 Å².